The molecule has 1 aromatic carbocycles. The average molecular weight is 292 g/mol. The van der Waals surface area contributed by atoms with Crippen molar-refractivity contribution in [1.82, 2.24) is 15.2 Å². The molecular formula is C16H22ClN3. The molecule has 20 heavy (non-hydrogen) atoms. The van der Waals surface area contributed by atoms with Crippen LogP contribution in [0.25, 0.3) is 10.9 Å². The Morgan fingerprint density at radius 2 is 2.35 bits per heavy atom. The minimum absolute atomic E-state index is 0.782. The standard InChI is InChI=1S/C16H22ClN3/c1-20-6-2-3-12(11-20)8-18-9-13-10-19-16-7-14(17)4-5-15(13)16/h4-5,7,10,12,18-19H,2-3,6,8-9,11H2,1H3. The van der Waals surface area contributed by atoms with Crippen molar-refractivity contribution in [2.45, 2.75) is 19.4 Å². The SMILES string of the molecule is CN1CCCC(CNCc2c[nH]c3cc(Cl)ccc23)C1. The van der Waals surface area contributed by atoms with Crippen molar-refractivity contribution >= 4 is 22.5 Å². The van der Waals surface area contributed by atoms with Crippen LogP contribution in [0.5, 0.6) is 0 Å². The summed E-state index contributed by atoms with van der Waals surface area (Å²) in [7, 11) is 2.22. The van der Waals surface area contributed by atoms with Gasteiger partial charge in [0.05, 0.1) is 0 Å². The Morgan fingerprint density at radius 1 is 1.45 bits per heavy atom. The fourth-order valence-electron chi connectivity index (χ4n) is 3.16. The predicted octanol–water partition coefficient (Wildman–Crippen LogP) is 3.25. The first-order valence-electron chi connectivity index (χ1n) is 7.37. The number of halogens is 1. The molecule has 3 rings (SSSR count). The van der Waals surface area contributed by atoms with Crippen LogP contribution in [0, 0.1) is 5.92 Å². The molecule has 3 nitrogen and oxygen atoms in total. The number of rotatable bonds is 4. The maximum atomic E-state index is 6.01. The molecule has 2 N–H and O–H groups in total. The van der Waals surface area contributed by atoms with E-state index in [4.69, 9.17) is 11.6 Å². The van der Waals surface area contributed by atoms with Gasteiger partial charge in [0.15, 0.2) is 0 Å². The van der Waals surface area contributed by atoms with Crippen LogP contribution in [0.2, 0.25) is 5.02 Å². The molecule has 2 heterocycles. The van der Waals surface area contributed by atoms with Crippen molar-refractivity contribution in [3.8, 4) is 0 Å². The maximum Gasteiger partial charge on any atom is 0.0472 e. The molecular weight excluding hydrogens is 270 g/mol. The highest BCUT2D eigenvalue weighted by atomic mass is 35.5. The Morgan fingerprint density at radius 3 is 3.20 bits per heavy atom. The van der Waals surface area contributed by atoms with E-state index >= 15 is 0 Å². The Kier molecular flexibility index (Phi) is 4.29. The second-order valence-electron chi connectivity index (χ2n) is 5.91. The lowest BCUT2D eigenvalue weighted by Gasteiger charge is -2.29. The molecule has 108 valence electrons. The van der Waals surface area contributed by atoms with E-state index in [1.54, 1.807) is 0 Å². The first kappa shape index (κ1) is 13.9. The normalized spacial score (nSPS) is 20.6. The topological polar surface area (TPSA) is 31.1 Å². The van der Waals surface area contributed by atoms with Gasteiger partial charge >= 0.3 is 0 Å². The van der Waals surface area contributed by atoms with Crippen molar-refractivity contribution in [2.75, 3.05) is 26.7 Å². The van der Waals surface area contributed by atoms with E-state index in [-0.39, 0.29) is 0 Å². The van der Waals surface area contributed by atoms with Crippen molar-refractivity contribution in [3.05, 3.63) is 35.0 Å². The highest BCUT2D eigenvalue weighted by molar-refractivity contribution is 6.31. The number of hydrogen-bond acceptors (Lipinski definition) is 2. The minimum Gasteiger partial charge on any atom is -0.361 e. The van der Waals surface area contributed by atoms with Crippen LogP contribution in [0.1, 0.15) is 18.4 Å². The van der Waals surface area contributed by atoms with Gasteiger partial charge in [-0.3, -0.25) is 0 Å². The second-order valence-corrected chi connectivity index (χ2v) is 6.34. The number of nitrogens with one attached hydrogen (secondary N) is 2. The van der Waals surface area contributed by atoms with E-state index in [0.29, 0.717) is 0 Å². The van der Waals surface area contributed by atoms with Crippen LogP contribution >= 0.6 is 11.6 Å². The third-order valence-electron chi connectivity index (χ3n) is 4.20. The van der Waals surface area contributed by atoms with E-state index in [1.165, 1.54) is 36.9 Å². The molecule has 0 radical (unpaired) electrons. The summed E-state index contributed by atoms with van der Waals surface area (Å²) in [4.78, 5) is 5.73. The Labute approximate surface area is 125 Å². The van der Waals surface area contributed by atoms with Gasteiger partial charge in [-0.15, -0.1) is 0 Å². The molecule has 0 spiro atoms. The number of likely N-dealkylation sites (tertiary alicyclic amines) is 1. The summed E-state index contributed by atoms with van der Waals surface area (Å²) in [6.07, 6.45) is 4.76. The van der Waals surface area contributed by atoms with Crippen LogP contribution in [0.3, 0.4) is 0 Å². The van der Waals surface area contributed by atoms with Crippen LogP contribution in [0.15, 0.2) is 24.4 Å². The molecule has 1 aliphatic heterocycles. The smallest absolute Gasteiger partial charge is 0.0472 e. The summed E-state index contributed by atoms with van der Waals surface area (Å²) in [6, 6.07) is 6.04. The fraction of sp³-hybridized carbons (Fsp3) is 0.500. The molecule has 4 heteroatoms. The Bertz CT molecular complexity index is 578. The summed E-state index contributed by atoms with van der Waals surface area (Å²) in [6.45, 7) is 4.49. The molecule has 2 aromatic rings. The molecule has 1 fully saturated rings. The molecule has 0 saturated carbocycles. The fourth-order valence-corrected chi connectivity index (χ4v) is 3.33. The number of hydrogen-bond donors (Lipinski definition) is 2. The second kappa shape index (κ2) is 6.17. The van der Waals surface area contributed by atoms with Crippen LogP contribution in [-0.2, 0) is 6.54 Å². The summed E-state index contributed by atoms with van der Waals surface area (Å²) in [5.74, 6) is 0.786. The lowest BCUT2D eigenvalue weighted by Crippen LogP contribution is -2.37. The number of nitrogens with zero attached hydrogens (tertiary/aromatic N) is 1. The lowest BCUT2D eigenvalue weighted by atomic mass is 9.98. The van der Waals surface area contributed by atoms with E-state index in [0.717, 1.165) is 29.5 Å². The maximum absolute atomic E-state index is 6.01. The summed E-state index contributed by atoms with van der Waals surface area (Å²) >= 11 is 6.01. The lowest BCUT2D eigenvalue weighted by molar-refractivity contribution is 0.206. The molecule has 1 aliphatic rings. The average Bonchev–Trinajstić information content (AvgIpc) is 2.81. The van der Waals surface area contributed by atoms with E-state index in [1.807, 2.05) is 12.1 Å². The van der Waals surface area contributed by atoms with Gasteiger partial charge in [-0.05, 0) is 56.6 Å². The number of benzene rings is 1. The number of aromatic nitrogens is 1. The summed E-state index contributed by atoms with van der Waals surface area (Å²) in [5.41, 5.74) is 2.44. The summed E-state index contributed by atoms with van der Waals surface area (Å²) in [5, 5.41) is 5.65. The monoisotopic (exact) mass is 291 g/mol. The molecule has 1 unspecified atom stereocenters. The first-order valence-corrected chi connectivity index (χ1v) is 7.75. The van der Waals surface area contributed by atoms with Crippen molar-refractivity contribution < 1.29 is 0 Å². The van der Waals surface area contributed by atoms with E-state index in [9.17, 15) is 0 Å². The quantitative estimate of drug-likeness (QED) is 0.906. The Hall–Kier alpha value is -1.03. The van der Waals surface area contributed by atoms with Gasteiger partial charge in [-0.25, -0.2) is 0 Å². The van der Waals surface area contributed by atoms with Gasteiger partial charge in [0.1, 0.15) is 0 Å². The largest absolute Gasteiger partial charge is 0.361 e. The van der Waals surface area contributed by atoms with Crippen molar-refractivity contribution in [1.29, 1.82) is 0 Å². The van der Waals surface area contributed by atoms with Crippen LogP contribution in [-0.4, -0.2) is 36.6 Å². The van der Waals surface area contributed by atoms with Gasteiger partial charge < -0.3 is 15.2 Å². The number of H-pyrrole nitrogens is 1. The molecule has 0 aliphatic carbocycles. The highest BCUT2D eigenvalue weighted by Gasteiger charge is 2.16. The van der Waals surface area contributed by atoms with E-state index < -0.39 is 0 Å². The molecule has 0 amide bonds. The van der Waals surface area contributed by atoms with Crippen molar-refractivity contribution in [2.24, 2.45) is 5.92 Å². The molecule has 0 bridgehead atoms. The zero-order chi connectivity index (χ0) is 13.9. The van der Waals surface area contributed by atoms with Crippen molar-refractivity contribution in [3.63, 3.8) is 0 Å². The predicted molar refractivity (Wildman–Crippen MR) is 85.2 cm³/mol. The number of aromatic amines is 1. The minimum atomic E-state index is 0.782. The van der Waals surface area contributed by atoms with Crippen LogP contribution < -0.4 is 5.32 Å². The highest BCUT2D eigenvalue weighted by Crippen LogP contribution is 2.22. The third-order valence-corrected chi connectivity index (χ3v) is 4.44. The molecule has 1 atom stereocenters. The third kappa shape index (κ3) is 3.17. The van der Waals surface area contributed by atoms with Gasteiger partial charge in [0, 0.05) is 35.2 Å². The first-order chi connectivity index (χ1) is 9.72. The van der Waals surface area contributed by atoms with E-state index in [2.05, 4.69) is 34.5 Å². The number of piperidine rings is 1. The van der Waals surface area contributed by atoms with Crippen LogP contribution in [0.4, 0.5) is 0 Å². The van der Waals surface area contributed by atoms with Gasteiger partial charge in [0.25, 0.3) is 0 Å². The molecule has 1 aromatic heterocycles. The number of fused-ring (bicyclic) bond motifs is 1. The summed E-state index contributed by atoms with van der Waals surface area (Å²) < 4.78 is 0. The zero-order valence-electron chi connectivity index (χ0n) is 12.0. The molecule has 1 saturated heterocycles. The zero-order valence-corrected chi connectivity index (χ0v) is 12.7. The van der Waals surface area contributed by atoms with Gasteiger partial charge in [0.2, 0.25) is 0 Å². The van der Waals surface area contributed by atoms with Gasteiger partial charge in [-0.2, -0.15) is 0 Å². The van der Waals surface area contributed by atoms with Gasteiger partial charge in [-0.1, -0.05) is 17.7 Å². The Balaban J connectivity index is 1.57.